The van der Waals surface area contributed by atoms with Crippen LogP contribution in [0.2, 0.25) is 0 Å². The molecule has 110 valence electrons. The maximum absolute atomic E-state index is 12.1. The number of hydrogen-bond acceptors (Lipinski definition) is 4. The maximum atomic E-state index is 12.1. The van der Waals surface area contributed by atoms with E-state index in [1.165, 1.54) is 20.0 Å². The summed E-state index contributed by atoms with van der Waals surface area (Å²) in [4.78, 5) is 12.1. The Morgan fingerprint density at radius 3 is 2.60 bits per heavy atom. The first-order chi connectivity index (χ1) is 9.70. The van der Waals surface area contributed by atoms with Crippen LogP contribution in [-0.2, 0) is 9.53 Å². The van der Waals surface area contributed by atoms with Crippen molar-refractivity contribution in [3.05, 3.63) is 30.3 Å². The van der Waals surface area contributed by atoms with Crippen molar-refractivity contribution >= 4 is 5.97 Å². The van der Waals surface area contributed by atoms with E-state index in [1.807, 2.05) is 30.3 Å². The van der Waals surface area contributed by atoms with Crippen LogP contribution in [0, 0.1) is 11.3 Å². The first kappa shape index (κ1) is 14.9. The molecule has 1 aromatic rings. The molecule has 0 amide bonds. The number of carbonyl (C=O) groups excluding carboxylic acids is 1. The van der Waals surface area contributed by atoms with Crippen LogP contribution < -0.4 is 10.5 Å². The number of esters is 1. The Bertz CT molecular complexity index is 431. The van der Waals surface area contributed by atoms with Crippen molar-refractivity contribution < 1.29 is 14.3 Å². The van der Waals surface area contributed by atoms with Crippen LogP contribution >= 0.6 is 0 Å². The van der Waals surface area contributed by atoms with Gasteiger partial charge in [-0.25, -0.2) is 0 Å². The third-order valence-electron chi connectivity index (χ3n) is 3.98. The summed E-state index contributed by atoms with van der Waals surface area (Å²) in [6.45, 7) is 0.789. The molecular weight excluding hydrogens is 254 g/mol. The quantitative estimate of drug-likeness (QED) is 0.741. The van der Waals surface area contributed by atoms with Crippen molar-refractivity contribution in [1.82, 2.24) is 0 Å². The number of nitrogens with two attached hydrogens (primary N) is 1. The summed E-state index contributed by atoms with van der Waals surface area (Å²) in [7, 11) is 1.43. The molecule has 1 saturated carbocycles. The zero-order valence-electron chi connectivity index (χ0n) is 12.0. The van der Waals surface area contributed by atoms with Crippen molar-refractivity contribution in [1.29, 1.82) is 0 Å². The second-order valence-electron chi connectivity index (χ2n) is 5.54. The Labute approximate surface area is 120 Å². The molecule has 0 aromatic heterocycles. The topological polar surface area (TPSA) is 61.5 Å². The number of benzene rings is 1. The van der Waals surface area contributed by atoms with Crippen molar-refractivity contribution in [3.63, 3.8) is 0 Å². The van der Waals surface area contributed by atoms with E-state index in [0.717, 1.165) is 12.2 Å². The monoisotopic (exact) mass is 277 g/mol. The second kappa shape index (κ2) is 6.75. The molecule has 2 N–H and O–H groups in total. The maximum Gasteiger partial charge on any atom is 0.313 e. The van der Waals surface area contributed by atoms with Crippen molar-refractivity contribution in [2.45, 2.75) is 25.7 Å². The molecule has 1 aromatic carbocycles. The van der Waals surface area contributed by atoms with Gasteiger partial charge in [0.25, 0.3) is 0 Å². The summed E-state index contributed by atoms with van der Waals surface area (Å²) in [6.07, 6.45) is 3.80. The molecule has 4 heteroatoms. The minimum atomic E-state index is -0.593. The molecule has 1 aliphatic carbocycles. The van der Waals surface area contributed by atoms with Crippen LogP contribution in [0.5, 0.6) is 5.75 Å². The van der Waals surface area contributed by atoms with Crippen LogP contribution in [0.1, 0.15) is 25.7 Å². The Kier molecular flexibility index (Phi) is 5.01. The van der Waals surface area contributed by atoms with Gasteiger partial charge in [-0.15, -0.1) is 0 Å². The molecule has 1 aliphatic rings. The summed E-state index contributed by atoms with van der Waals surface area (Å²) in [5.74, 6) is 1.23. The van der Waals surface area contributed by atoms with E-state index in [1.54, 1.807) is 0 Å². The number of rotatable bonds is 8. The molecule has 0 radical (unpaired) electrons. The Morgan fingerprint density at radius 2 is 2.05 bits per heavy atom. The average molecular weight is 277 g/mol. The fraction of sp³-hybridized carbons (Fsp3) is 0.562. The number of carbonyl (C=O) groups is 1. The van der Waals surface area contributed by atoms with Crippen LogP contribution in [0.15, 0.2) is 30.3 Å². The van der Waals surface area contributed by atoms with Gasteiger partial charge in [0.05, 0.1) is 19.1 Å². The van der Waals surface area contributed by atoms with Crippen LogP contribution in [0.3, 0.4) is 0 Å². The largest absolute Gasteiger partial charge is 0.494 e. The third-order valence-corrected chi connectivity index (χ3v) is 3.98. The first-order valence-electron chi connectivity index (χ1n) is 7.16. The fourth-order valence-corrected chi connectivity index (χ4v) is 2.53. The van der Waals surface area contributed by atoms with Crippen molar-refractivity contribution in [2.24, 2.45) is 17.1 Å². The lowest BCUT2D eigenvalue weighted by Crippen LogP contribution is -2.41. The Hall–Kier alpha value is -1.55. The second-order valence-corrected chi connectivity index (χ2v) is 5.54. The third kappa shape index (κ3) is 3.73. The average Bonchev–Trinajstić information content (AvgIpc) is 3.30. The predicted octanol–water partition coefficient (Wildman–Crippen LogP) is 2.37. The molecule has 4 nitrogen and oxygen atoms in total. The van der Waals surface area contributed by atoms with Gasteiger partial charge in [0.1, 0.15) is 5.75 Å². The molecule has 2 rings (SSSR count). The molecule has 1 unspecified atom stereocenters. The van der Waals surface area contributed by atoms with E-state index in [0.29, 0.717) is 25.5 Å². The summed E-state index contributed by atoms with van der Waals surface area (Å²) >= 11 is 0. The van der Waals surface area contributed by atoms with E-state index in [2.05, 4.69) is 0 Å². The Balaban J connectivity index is 1.94. The molecule has 0 heterocycles. The molecule has 0 spiro atoms. The lowest BCUT2D eigenvalue weighted by molar-refractivity contribution is -0.153. The number of ether oxygens (including phenoxy) is 2. The van der Waals surface area contributed by atoms with Gasteiger partial charge in [0, 0.05) is 6.54 Å². The minimum absolute atomic E-state index is 0.205. The van der Waals surface area contributed by atoms with Gasteiger partial charge in [-0.3, -0.25) is 4.79 Å². The van der Waals surface area contributed by atoms with Gasteiger partial charge in [0.15, 0.2) is 0 Å². The predicted molar refractivity (Wildman–Crippen MR) is 77.4 cm³/mol. The molecule has 1 fully saturated rings. The Morgan fingerprint density at radius 1 is 1.35 bits per heavy atom. The molecule has 20 heavy (non-hydrogen) atoms. The SMILES string of the molecule is COC(=O)C(CN)(CCOc1ccccc1)CC1CC1. The molecule has 0 saturated heterocycles. The van der Waals surface area contributed by atoms with Crippen LogP contribution in [0.25, 0.3) is 0 Å². The minimum Gasteiger partial charge on any atom is -0.494 e. The zero-order chi connectivity index (χ0) is 14.4. The van der Waals surface area contributed by atoms with Crippen molar-refractivity contribution in [2.75, 3.05) is 20.3 Å². The number of para-hydroxylation sites is 1. The highest BCUT2D eigenvalue weighted by molar-refractivity contribution is 5.77. The van der Waals surface area contributed by atoms with E-state index in [4.69, 9.17) is 15.2 Å². The summed E-state index contributed by atoms with van der Waals surface area (Å²) in [6, 6.07) is 9.61. The van der Waals surface area contributed by atoms with E-state index < -0.39 is 5.41 Å². The normalized spacial score (nSPS) is 17.3. The van der Waals surface area contributed by atoms with E-state index >= 15 is 0 Å². The van der Waals surface area contributed by atoms with Gasteiger partial charge in [-0.05, 0) is 30.9 Å². The first-order valence-corrected chi connectivity index (χ1v) is 7.16. The highest BCUT2D eigenvalue weighted by atomic mass is 16.5. The molecule has 1 atom stereocenters. The highest BCUT2D eigenvalue weighted by Gasteiger charge is 2.42. The van der Waals surface area contributed by atoms with Gasteiger partial charge < -0.3 is 15.2 Å². The number of methoxy groups -OCH3 is 1. The van der Waals surface area contributed by atoms with Gasteiger partial charge in [0.2, 0.25) is 0 Å². The van der Waals surface area contributed by atoms with E-state index in [9.17, 15) is 4.79 Å². The lowest BCUT2D eigenvalue weighted by Gasteiger charge is -2.29. The summed E-state index contributed by atoms with van der Waals surface area (Å²) in [5, 5.41) is 0. The zero-order valence-corrected chi connectivity index (χ0v) is 12.0. The van der Waals surface area contributed by atoms with Gasteiger partial charge in [-0.2, -0.15) is 0 Å². The van der Waals surface area contributed by atoms with Crippen LogP contribution in [-0.4, -0.2) is 26.2 Å². The number of hydrogen-bond donors (Lipinski definition) is 1. The molecular formula is C16H23NO3. The van der Waals surface area contributed by atoms with E-state index in [-0.39, 0.29) is 5.97 Å². The standard InChI is InChI=1S/C16H23NO3/c1-19-15(18)16(12-17,11-13-7-8-13)9-10-20-14-5-3-2-4-6-14/h2-6,13H,7-12,17H2,1H3. The summed E-state index contributed by atoms with van der Waals surface area (Å²) < 4.78 is 10.7. The van der Waals surface area contributed by atoms with Crippen molar-refractivity contribution in [3.8, 4) is 5.75 Å². The van der Waals surface area contributed by atoms with Gasteiger partial charge in [-0.1, -0.05) is 31.0 Å². The molecule has 0 bridgehead atoms. The fourth-order valence-electron chi connectivity index (χ4n) is 2.53. The van der Waals surface area contributed by atoms with Crippen LogP contribution in [0.4, 0.5) is 0 Å². The smallest absolute Gasteiger partial charge is 0.313 e. The highest BCUT2D eigenvalue weighted by Crippen LogP contribution is 2.42. The lowest BCUT2D eigenvalue weighted by atomic mass is 9.79. The molecule has 0 aliphatic heterocycles. The van der Waals surface area contributed by atoms with Gasteiger partial charge >= 0.3 is 5.97 Å². The summed E-state index contributed by atoms with van der Waals surface area (Å²) in [5.41, 5.74) is 5.29.